The van der Waals surface area contributed by atoms with Gasteiger partial charge in [-0.05, 0) is 29.8 Å². The van der Waals surface area contributed by atoms with E-state index in [2.05, 4.69) is 5.32 Å². The molecule has 1 rings (SSSR count). The average Bonchev–Trinajstić information content (AvgIpc) is 2.34. The lowest BCUT2D eigenvalue weighted by Gasteiger charge is -2.16. The number of aliphatic hydroxyl groups excluding tert-OH is 1. The largest absolute Gasteiger partial charge is 0.446 e. The smallest absolute Gasteiger partial charge is 0.391 e. The van der Waals surface area contributed by atoms with Gasteiger partial charge in [0.1, 0.15) is 0 Å². The number of alkyl halides is 3. The zero-order valence-corrected chi connectivity index (χ0v) is 11.9. The van der Waals surface area contributed by atoms with Gasteiger partial charge in [0, 0.05) is 11.4 Å². The lowest BCUT2D eigenvalue weighted by atomic mass is 10.1. The van der Waals surface area contributed by atoms with E-state index in [9.17, 15) is 23.1 Å². The lowest BCUT2D eigenvalue weighted by molar-refractivity contribution is -0.0328. The van der Waals surface area contributed by atoms with Gasteiger partial charge in [-0.2, -0.15) is 13.2 Å². The maximum atomic E-state index is 12.4. The molecule has 0 spiro atoms. The predicted molar refractivity (Wildman–Crippen MR) is 71.5 cm³/mol. The molecule has 0 aliphatic rings. The van der Waals surface area contributed by atoms with Crippen LogP contribution < -0.4 is 5.32 Å². The first kappa shape index (κ1) is 16.8. The number of benzene rings is 1. The van der Waals surface area contributed by atoms with Crippen LogP contribution in [-0.4, -0.2) is 29.2 Å². The minimum Gasteiger partial charge on any atom is -0.391 e. The number of hydrogen-bond donors (Lipinski definition) is 2. The third-order valence-corrected chi connectivity index (χ3v) is 3.41. The zero-order valence-electron chi connectivity index (χ0n) is 11.1. The summed E-state index contributed by atoms with van der Waals surface area (Å²) >= 11 is -0.327. The van der Waals surface area contributed by atoms with Gasteiger partial charge in [0.2, 0.25) is 0 Å². The first-order valence-corrected chi connectivity index (χ1v) is 6.83. The van der Waals surface area contributed by atoms with E-state index >= 15 is 0 Å². The second-order valence-corrected chi connectivity index (χ2v) is 5.67. The highest BCUT2D eigenvalue weighted by Crippen LogP contribution is 2.38. The molecule has 0 fully saturated rings. The topological polar surface area (TPSA) is 49.3 Å². The molecule has 1 atom stereocenters. The molecule has 1 aromatic carbocycles. The maximum Gasteiger partial charge on any atom is 0.446 e. The Morgan fingerprint density at radius 3 is 2.50 bits per heavy atom. The SMILES string of the molecule is CC(C)C(O)CNC(=O)c1ccccc1SC(F)(F)F. The molecule has 1 amide bonds. The van der Waals surface area contributed by atoms with Gasteiger partial charge in [-0.1, -0.05) is 26.0 Å². The summed E-state index contributed by atoms with van der Waals surface area (Å²) in [7, 11) is 0. The van der Waals surface area contributed by atoms with E-state index in [4.69, 9.17) is 0 Å². The molecule has 0 saturated carbocycles. The van der Waals surface area contributed by atoms with Crippen molar-refractivity contribution in [1.82, 2.24) is 5.32 Å². The van der Waals surface area contributed by atoms with Gasteiger partial charge < -0.3 is 10.4 Å². The summed E-state index contributed by atoms with van der Waals surface area (Å²) in [6, 6.07) is 5.50. The third kappa shape index (κ3) is 5.42. The number of thioether (sulfide) groups is 1. The van der Waals surface area contributed by atoms with Crippen LogP contribution in [0.5, 0.6) is 0 Å². The number of hydrogen-bond acceptors (Lipinski definition) is 3. The average molecular weight is 307 g/mol. The number of rotatable bonds is 5. The first-order valence-electron chi connectivity index (χ1n) is 6.01. The van der Waals surface area contributed by atoms with Gasteiger partial charge in [-0.15, -0.1) is 0 Å². The van der Waals surface area contributed by atoms with Crippen LogP contribution in [0.1, 0.15) is 24.2 Å². The molecule has 7 heteroatoms. The maximum absolute atomic E-state index is 12.4. The van der Waals surface area contributed by atoms with Crippen molar-refractivity contribution < 1.29 is 23.1 Å². The number of nitrogens with one attached hydrogen (secondary N) is 1. The van der Waals surface area contributed by atoms with E-state index < -0.39 is 17.5 Å². The highest BCUT2D eigenvalue weighted by Gasteiger charge is 2.31. The van der Waals surface area contributed by atoms with Crippen LogP contribution in [0.25, 0.3) is 0 Å². The summed E-state index contributed by atoms with van der Waals surface area (Å²) in [6.45, 7) is 3.57. The van der Waals surface area contributed by atoms with Crippen LogP contribution in [0.2, 0.25) is 0 Å². The van der Waals surface area contributed by atoms with Crippen molar-refractivity contribution >= 4 is 17.7 Å². The highest BCUT2D eigenvalue weighted by molar-refractivity contribution is 8.00. The van der Waals surface area contributed by atoms with Crippen LogP contribution in [0, 0.1) is 5.92 Å². The molecule has 0 radical (unpaired) electrons. The minimum atomic E-state index is -4.45. The Morgan fingerprint density at radius 1 is 1.35 bits per heavy atom. The van der Waals surface area contributed by atoms with E-state index in [1.807, 2.05) is 0 Å². The molecule has 0 aliphatic heterocycles. The Labute approximate surface area is 119 Å². The van der Waals surface area contributed by atoms with Crippen molar-refractivity contribution in [3.05, 3.63) is 29.8 Å². The molecule has 0 heterocycles. The van der Waals surface area contributed by atoms with E-state index in [1.54, 1.807) is 13.8 Å². The Hall–Kier alpha value is -1.21. The molecule has 3 nitrogen and oxygen atoms in total. The van der Waals surface area contributed by atoms with Gasteiger partial charge in [-0.25, -0.2) is 0 Å². The van der Waals surface area contributed by atoms with Gasteiger partial charge in [0.15, 0.2) is 0 Å². The van der Waals surface area contributed by atoms with Crippen molar-refractivity contribution in [2.24, 2.45) is 5.92 Å². The molecule has 0 aliphatic carbocycles. The summed E-state index contributed by atoms with van der Waals surface area (Å²) in [5.74, 6) is -0.674. The highest BCUT2D eigenvalue weighted by atomic mass is 32.2. The molecule has 0 bridgehead atoms. The van der Waals surface area contributed by atoms with Crippen LogP contribution in [0.15, 0.2) is 29.2 Å². The van der Waals surface area contributed by atoms with E-state index in [1.165, 1.54) is 24.3 Å². The van der Waals surface area contributed by atoms with Crippen molar-refractivity contribution in [3.63, 3.8) is 0 Å². The summed E-state index contributed by atoms with van der Waals surface area (Å²) in [6.07, 6.45) is -0.735. The number of halogens is 3. The quantitative estimate of drug-likeness (QED) is 0.822. The minimum absolute atomic E-state index is 0.00151. The summed E-state index contributed by atoms with van der Waals surface area (Å²) < 4.78 is 37.2. The van der Waals surface area contributed by atoms with Gasteiger partial charge in [0.25, 0.3) is 5.91 Å². The summed E-state index contributed by atoms with van der Waals surface area (Å²) in [5, 5.41) is 12.0. The lowest BCUT2D eigenvalue weighted by Crippen LogP contribution is -2.35. The zero-order chi connectivity index (χ0) is 15.3. The second-order valence-electron chi connectivity index (χ2n) is 4.57. The fraction of sp³-hybridized carbons (Fsp3) is 0.462. The Balaban J connectivity index is 2.78. The summed E-state index contributed by atoms with van der Waals surface area (Å²) in [5.41, 5.74) is -4.50. The van der Waals surface area contributed by atoms with Crippen molar-refractivity contribution in [2.75, 3.05) is 6.54 Å². The Bertz CT molecular complexity index is 463. The van der Waals surface area contributed by atoms with Crippen LogP contribution >= 0.6 is 11.8 Å². The van der Waals surface area contributed by atoms with Gasteiger partial charge in [0.05, 0.1) is 11.7 Å². The molecular formula is C13H16F3NO2S. The fourth-order valence-corrected chi connectivity index (χ4v) is 2.06. The molecular weight excluding hydrogens is 291 g/mol. The predicted octanol–water partition coefficient (Wildman–Crippen LogP) is 3.05. The van der Waals surface area contributed by atoms with Crippen LogP contribution in [0.4, 0.5) is 13.2 Å². The fourth-order valence-electron chi connectivity index (χ4n) is 1.40. The van der Waals surface area contributed by atoms with Crippen LogP contribution in [-0.2, 0) is 0 Å². The third-order valence-electron chi connectivity index (χ3n) is 2.60. The van der Waals surface area contributed by atoms with E-state index in [-0.39, 0.29) is 34.7 Å². The number of carbonyl (C=O) groups is 1. The van der Waals surface area contributed by atoms with Crippen molar-refractivity contribution in [2.45, 2.75) is 30.4 Å². The summed E-state index contributed by atoms with van der Waals surface area (Å²) in [4.78, 5) is 11.7. The van der Waals surface area contributed by atoms with E-state index in [0.717, 1.165) is 0 Å². The Morgan fingerprint density at radius 2 is 1.95 bits per heavy atom. The number of aliphatic hydroxyl groups is 1. The Kier molecular flexibility index (Phi) is 5.88. The molecule has 0 saturated heterocycles. The second kappa shape index (κ2) is 6.99. The van der Waals surface area contributed by atoms with E-state index in [0.29, 0.717) is 0 Å². The van der Waals surface area contributed by atoms with Crippen molar-refractivity contribution in [1.29, 1.82) is 0 Å². The van der Waals surface area contributed by atoms with Gasteiger partial charge >= 0.3 is 5.51 Å². The molecule has 112 valence electrons. The number of amides is 1. The monoisotopic (exact) mass is 307 g/mol. The molecule has 1 aromatic rings. The normalized spacial score (nSPS) is 13.3. The van der Waals surface area contributed by atoms with Crippen LogP contribution in [0.3, 0.4) is 0 Å². The molecule has 1 unspecified atom stereocenters. The molecule has 20 heavy (non-hydrogen) atoms. The number of carbonyl (C=O) groups excluding carboxylic acids is 1. The van der Waals surface area contributed by atoms with Crippen molar-refractivity contribution in [3.8, 4) is 0 Å². The molecule has 0 aromatic heterocycles. The molecule has 2 N–H and O–H groups in total. The van der Waals surface area contributed by atoms with Gasteiger partial charge in [-0.3, -0.25) is 4.79 Å². The first-order chi connectivity index (χ1) is 9.20. The standard InChI is InChI=1S/C13H16F3NO2S/c1-8(2)10(18)7-17-12(19)9-5-3-4-6-11(9)20-13(14,15)16/h3-6,8,10,18H,7H2,1-2H3,(H,17,19).